The molecule has 84 valence electrons. The second-order valence-corrected chi connectivity index (χ2v) is 5.13. The summed E-state index contributed by atoms with van der Waals surface area (Å²) in [6.45, 7) is 4.50. The highest BCUT2D eigenvalue weighted by atomic mass is 79.9. The molecule has 0 aliphatic rings. The molecule has 1 rings (SSSR count). The van der Waals surface area contributed by atoms with Gasteiger partial charge in [-0.15, -0.1) is 0 Å². The van der Waals surface area contributed by atoms with Crippen LogP contribution in [0.2, 0.25) is 0 Å². The zero-order valence-electron chi connectivity index (χ0n) is 9.66. The smallest absolute Gasteiger partial charge is 0.118 e. The summed E-state index contributed by atoms with van der Waals surface area (Å²) in [5.74, 6) is 1.60. The lowest BCUT2D eigenvalue weighted by atomic mass is 9.97. The fraction of sp³-hybridized carbons (Fsp3) is 0.538. The van der Waals surface area contributed by atoms with Gasteiger partial charge in [0.05, 0.1) is 7.11 Å². The molecule has 0 saturated heterocycles. The molecule has 0 radical (unpaired) electrons. The highest BCUT2D eigenvalue weighted by molar-refractivity contribution is 9.09. The van der Waals surface area contributed by atoms with E-state index in [0.717, 1.165) is 12.2 Å². The molecule has 0 spiro atoms. The Balaban J connectivity index is 2.57. The molecule has 0 aromatic heterocycles. The van der Waals surface area contributed by atoms with E-state index in [2.05, 4.69) is 41.9 Å². The lowest BCUT2D eigenvalue weighted by Gasteiger charge is -2.16. The molecule has 0 aliphatic heterocycles. The van der Waals surface area contributed by atoms with E-state index in [0.29, 0.717) is 10.7 Å². The molecule has 15 heavy (non-hydrogen) atoms. The highest BCUT2D eigenvalue weighted by Crippen LogP contribution is 2.21. The van der Waals surface area contributed by atoms with Crippen LogP contribution in [0.1, 0.15) is 25.8 Å². The van der Waals surface area contributed by atoms with E-state index in [9.17, 15) is 0 Å². The maximum atomic E-state index is 5.13. The van der Waals surface area contributed by atoms with E-state index in [4.69, 9.17) is 4.74 Å². The van der Waals surface area contributed by atoms with Crippen LogP contribution >= 0.6 is 15.9 Å². The molecule has 2 unspecified atom stereocenters. The minimum absolute atomic E-state index is 0.611. The van der Waals surface area contributed by atoms with Crippen LogP contribution in [0.25, 0.3) is 0 Å². The molecule has 0 saturated carbocycles. The number of halogens is 1. The van der Waals surface area contributed by atoms with E-state index in [1.165, 1.54) is 12.0 Å². The lowest BCUT2D eigenvalue weighted by Crippen LogP contribution is -2.12. The number of ether oxygens (including phenoxy) is 1. The average molecular weight is 271 g/mol. The summed E-state index contributed by atoms with van der Waals surface area (Å²) in [6, 6.07) is 8.34. The second-order valence-electron chi connectivity index (χ2n) is 3.95. The summed E-state index contributed by atoms with van der Waals surface area (Å²) in [4.78, 5) is 0.611. The third-order valence-corrected chi connectivity index (χ3v) is 4.27. The van der Waals surface area contributed by atoms with Crippen LogP contribution < -0.4 is 4.74 Å². The van der Waals surface area contributed by atoms with E-state index in [-0.39, 0.29) is 0 Å². The van der Waals surface area contributed by atoms with Crippen molar-refractivity contribution in [3.8, 4) is 5.75 Å². The predicted molar refractivity (Wildman–Crippen MR) is 68.9 cm³/mol. The Hall–Kier alpha value is -0.500. The molecule has 0 fully saturated rings. The zero-order chi connectivity index (χ0) is 11.3. The van der Waals surface area contributed by atoms with Crippen LogP contribution in [0.3, 0.4) is 0 Å². The van der Waals surface area contributed by atoms with Gasteiger partial charge in [-0.2, -0.15) is 0 Å². The molecule has 1 aromatic carbocycles. The molecule has 0 aliphatic carbocycles. The molecule has 1 nitrogen and oxygen atoms in total. The molecule has 0 amide bonds. The summed E-state index contributed by atoms with van der Waals surface area (Å²) in [5.41, 5.74) is 1.38. The van der Waals surface area contributed by atoms with E-state index in [1.807, 2.05) is 12.1 Å². The van der Waals surface area contributed by atoms with E-state index >= 15 is 0 Å². The third-order valence-electron chi connectivity index (χ3n) is 2.72. The van der Waals surface area contributed by atoms with Crippen LogP contribution in [-0.4, -0.2) is 11.9 Å². The lowest BCUT2D eigenvalue weighted by molar-refractivity contribution is 0.414. The first-order chi connectivity index (χ1) is 7.17. The van der Waals surface area contributed by atoms with Crippen molar-refractivity contribution in [2.45, 2.75) is 31.5 Å². The van der Waals surface area contributed by atoms with Gasteiger partial charge in [-0.3, -0.25) is 0 Å². The summed E-state index contributed by atoms with van der Waals surface area (Å²) in [7, 11) is 1.70. The molecule has 0 heterocycles. The van der Waals surface area contributed by atoms with Gasteiger partial charge in [0.15, 0.2) is 0 Å². The van der Waals surface area contributed by atoms with Crippen LogP contribution in [0.15, 0.2) is 24.3 Å². The van der Waals surface area contributed by atoms with Crippen LogP contribution in [-0.2, 0) is 6.42 Å². The fourth-order valence-electron chi connectivity index (χ4n) is 1.66. The van der Waals surface area contributed by atoms with Gasteiger partial charge in [0.1, 0.15) is 5.75 Å². The van der Waals surface area contributed by atoms with Crippen molar-refractivity contribution in [3.05, 3.63) is 29.8 Å². The summed E-state index contributed by atoms with van der Waals surface area (Å²) in [5, 5.41) is 0. The van der Waals surface area contributed by atoms with Crippen molar-refractivity contribution < 1.29 is 4.74 Å². The Morgan fingerprint density at radius 2 is 1.87 bits per heavy atom. The average Bonchev–Trinajstić information content (AvgIpc) is 2.29. The topological polar surface area (TPSA) is 9.23 Å². The van der Waals surface area contributed by atoms with Crippen molar-refractivity contribution in [1.29, 1.82) is 0 Å². The van der Waals surface area contributed by atoms with Gasteiger partial charge in [0, 0.05) is 4.83 Å². The van der Waals surface area contributed by atoms with Crippen molar-refractivity contribution in [1.82, 2.24) is 0 Å². The van der Waals surface area contributed by atoms with Crippen molar-refractivity contribution in [3.63, 3.8) is 0 Å². The summed E-state index contributed by atoms with van der Waals surface area (Å²) in [6.07, 6.45) is 2.30. The molecule has 0 N–H and O–H groups in total. The van der Waals surface area contributed by atoms with Gasteiger partial charge in [-0.05, 0) is 36.5 Å². The number of rotatable bonds is 5. The van der Waals surface area contributed by atoms with Crippen molar-refractivity contribution in [2.24, 2.45) is 5.92 Å². The molecular formula is C13H19BrO. The molecule has 1 aromatic rings. The largest absolute Gasteiger partial charge is 0.497 e. The van der Waals surface area contributed by atoms with Crippen molar-refractivity contribution in [2.75, 3.05) is 7.11 Å². The van der Waals surface area contributed by atoms with Gasteiger partial charge < -0.3 is 4.74 Å². The minimum Gasteiger partial charge on any atom is -0.497 e. The first kappa shape index (κ1) is 12.6. The molecule has 2 heteroatoms. The Morgan fingerprint density at radius 1 is 1.27 bits per heavy atom. The number of hydrogen-bond acceptors (Lipinski definition) is 1. The Labute approximate surface area is 101 Å². The first-order valence-corrected chi connectivity index (χ1v) is 6.36. The maximum Gasteiger partial charge on any atom is 0.118 e. The van der Waals surface area contributed by atoms with Gasteiger partial charge in [0.25, 0.3) is 0 Å². The van der Waals surface area contributed by atoms with Crippen LogP contribution in [0.4, 0.5) is 0 Å². The predicted octanol–water partition coefficient (Wildman–Crippen LogP) is 4.05. The molecule has 2 atom stereocenters. The van der Waals surface area contributed by atoms with E-state index < -0.39 is 0 Å². The highest BCUT2D eigenvalue weighted by Gasteiger charge is 2.12. The number of alkyl halides is 1. The Bertz CT molecular complexity index is 281. The zero-order valence-corrected chi connectivity index (χ0v) is 11.3. The Morgan fingerprint density at radius 3 is 2.33 bits per heavy atom. The normalized spacial score (nSPS) is 14.7. The van der Waals surface area contributed by atoms with E-state index in [1.54, 1.807) is 7.11 Å². The standard InChI is InChI=1S/C13H19BrO/c1-4-13(14)10(2)9-11-5-7-12(15-3)8-6-11/h5-8,10,13H,4,9H2,1-3H3. The molecule has 0 bridgehead atoms. The minimum atomic E-state index is 0.611. The van der Waals surface area contributed by atoms with Gasteiger partial charge >= 0.3 is 0 Å². The quantitative estimate of drug-likeness (QED) is 0.734. The third kappa shape index (κ3) is 3.86. The second kappa shape index (κ2) is 6.16. The number of methoxy groups -OCH3 is 1. The SMILES string of the molecule is CCC(Br)C(C)Cc1ccc(OC)cc1. The summed E-state index contributed by atoms with van der Waals surface area (Å²) >= 11 is 3.70. The Kier molecular flexibility index (Phi) is 5.16. The fourth-order valence-corrected chi connectivity index (χ4v) is 1.85. The summed E-state index contributed by atoms with van der Waals surface area (Å²) < 4.78 is 5.13. The van der Waals surface area contributed by atoms with Gasteiger partial charge in [-0.1, -0.05) is 41.9 Å². The van der Waals surface area contributed by atoms with Gasteiger partial charge in [-0.25, -0.2) is 0 Å². The number of hydrogen-bond donors (Lipinski definition) is 0. The van der Waals surface area contributed by atoms with Crippen molar-refractivity contribution >= 4 is 15.9 Å². The molecular weight excluding hydrogens is 252 g/mol. The first-order valence-electron chi connectivity index (χ1n) is 5.44. The van der Waals surface area contributed by atoms with Crippen LogP contribution in [0.5, 0.6) is 5.75 Å². The maximum absolute atomic E-state index is 5.13. The van der Waals surface area contributed by atoms with Gasteiger partial charge in [0.2, 0.25) is 0 Å². The number of benzene rings is 1. The monoisotopic (exact) mass is 270 g/mol. The van der Waals surface area contributed by atoms with Crippen LogP contribution in [0, 0.1) is 5.92 Å².